The van der Waals surface area contributed by atoms with E-state index in [1.54, 1.807) is 12.1 Å². The van der Waals surface area contributed by atoms with Crippen LogP contribution in [-0.2, 0) is 12.8 Å². The van der Waals surface area contributed by atoms with E-state index in [-0.39, 0.29) is 0 Å². The number of fused-ring (bicyclic) bond motifs is 4. The number of phenolic OH excluding ortho intramolecular Hbond substituents is 2. The van der Waals surface area contributed by atoms with E-state index in [1.165, 1.54) is 33.4 Å². The summed E-state index contributed by atoms with van der Waals surface area (Å²) in [6.45, 7) is 0. The molecule has 0 fully saturated rings. The van der Waals surface area contributed by atoms with Gasteiger partial charge < -0.3 is 10.2 Å². The van der Waals surface area contributed by atoms with Crippen molar-refractivity contribution in [3.8, 4) is 11.5 Å². The number of aryl methyl sites for hydroxylation is 2. The van der Waals surface area contributed by atoms with Crippen LogP contribution in [0.25, 0.3) is 11.1 Å². The fourth-order valence-corrected chi connectivity index (χ4v) is 3.58. The summed E-state index contributed by atoms with van der Waals surface area (Å²) in [5.74, 6) is 0.711. The minimum Gasteiger partial charge on any atom is -0.508 e. The molecule has 2 nitrogen and oxygen atoms in total. The molecule has 0 saturated heterocycles. The third-order valence-corrected chi connectivity index (χ3v) is 4.48. The van der Waals surface area contributed by atoms with Crippen molar-refractivity contribution < 1.29 is 10.2 Å². The van der Waals surface area contributed by atoms with Gasteiger partial charge in [0, 0.05) is 0 Å². The van der Waals surface area contributed by atoms with Crippen LogP contribution in [0.3, 0.4) is 0 Å². The van der Waals surface area contributed by atoms with E-state index in [1.807, 2.05) is 24.3 Å². The molecule has 2 N–H and O–H groups in total. The summed E-state index contributed by atoms with van der Waals surface area (Å²) in [5, 5.41) is 19.3. The summed E-state index contributed by atoms with van der Waals surface area (Å²) in [6, 6.07) is 11.4. The molecule has 2 heteroatoms. The number of hydrogen-bond acceptors (Lipinski definition) is 2. The summed E-state index contributed by atoms with van der Waals surface area (Å²) in [7, 11) is 0. The van der Waals surface area contributed by atoms with Gasteiger partial charge >= 0.3 is 0 Å². The summed E-state index contributed by atoms with van der Waals surface area (Å²) in [6.07, 6.45) is 3.99. The molecule has 0 heterocycles. The van der Waals surface area contributed by atoms with Crippen LogP contribution in [0, 0.1) is 0 Å². The SMILES string of the molecule is Oc1ccc2c(c1)CCC1=C2CCc2cc(O)ccc21. The first kappa shape index (κ1) is 11.6. The second-order valence-corrected chi connectivity index (χ2v) is 5.64. The summed E-state index contributed by atoms with van der Waals surface area (Å²) >= 11 is 0. The maximum Gasteiger partial charge on any atom is 0.115 e. The Labute approximate surface area is 118 Å². The highest BCUT2D eigenvalue weighted by atomic mass is 16.3. The highest BCUT2D eigenvalue weighted by Crippen LogP contribution is 2.44. The molecule has 0 radical (unpaired) electrons. The van der Waals surface area contributed by atoms with Gasteiger partial charge in [-0.05, 0) is 83.3 Å². The predicted octanol–water partition coefficient (Wildman–Crippen LogP) is 3.90. The monoisotopic (exact) mass is 264 g/mol. The molecule has 0 unspecified atom stereocenters. The van der Waals surface area contributed by atoms with Gasteiger partial charge in [0.1, 0.15) is 11.5 Å². The molecule has 2 aromatic rings. The van der Waals surface area contributed by atoms with Gasteiger partial charge in [0.05, 0.1) is 0 Å². The van der Waals surface area contributed by atoms with Crippen molar-refractivity contribution in [2.45, 2.75) is 25.7 Å². The van der Waals surface area contributed by atoms with Crippen molar-refractivity contribution in [3.63, 3.8) is 0 Å². The first-order valence-corrected chi connectivity index (χ1v) is 7.09. The van der Waals surface area contributed by atoms with Crippen LogP contribution in [-0.4, -0.2) is 10.2 Å². The zero-order chi connectivity index (χ0) is 13.7. The maximum absolute atomic E-state index is 9.63. The standard InChI is InChI=1S/C18H16O2/c19-13-3-7-15-11(9-13)1-5-17-16-8-4-14(20)10-12(16)2-6-18(15)17/h3-4,7-10,19-20H,1-2,5-6H2. The van der Waals surface area contributed by atoms with E-state index >= 15 is 0 Å². The number of hydrogen-bond donors (Lipinski definition) is 2. The van der Waals surface area contributed by atoms with Crippen LogP contribution in [0.4, 0.5) is 0 Å². The molecular weight excluding hydrogens is 248 g/mol. The van der Waals surface area contributed by atoms with Crippen molar-refractivity contribution in [2.24, 2.45) is 0 Å². The Hall–Kier alpha value is -2.22. The van der Waals surface area contributed by atoms with Crippen LogP contribution >= 0.6 is 0 Å². The lowest BCUT2D eigenvalue weighted by Gasteiger charge is -2.29. The number of benzene rings is 2. The largest absolute Gasteiger partial charge is 0.508 e. The second-order valence-electron chi connectivity index (χ2n) is 5.64. The second kappa shape index (κ2) is 4.14. The molecule has 0 spiro atoms. The average Bonchev–Trinajstić information content (AvgIpc) is 2.45. The third-order valence-electron chi connectivity index (χ3n) is 4.48. The molecule has 100 valence electrons. The van der Waals surface area contributed by atoms with Gasteiger partial charge in [0.2, 0.25) is 0 Å². The number of aromatic hydroxyl groups is 2. The third kappa shape index (κ3) is 1.64. The van der Waals surface area contributed by atoms with Crippen LogP contribution < -0.4 is 0 Å². The minimum absolute atomic E-state index is 0.355. The fourth-order valence-electron chi connectivity index (χ4n) is 3.58. The number of rotatable bonds is 0. The molecule has 0 atom stereocenters. The van der Waals surface area contributed by atoms with E-state index in [9.17, 15) is 10.2 Å². The van der Waals surface area contributed by atoms with Crippen LogP contribution in [0.15, 0.2) is 36.4 Å². The minimum atomic E-state index is 0.355. The Morgan fingerprint density at radius 3 is 1.50 bits per heavy atom. The summed E-state index contributed by atoms with van der Waals surface area (Å²) in [5.41, 5.74) is 7.94. The van der Waals surface area contributed by atoms with Crippen molar-refractivity contribution in [3.05, 3.63) is 58.7 Å². The fraction of sp³-hybridized carbons (Fsp3) is 0.222. The van der Waals surface area contributed by atoms with Gasteiger partial charge in [-0.1, -0.05) is 12.1 Å². The highest BCUT2D eigenvalue weighted by molar-refractivity contribution is 5.96. The molecule has 0 aromatic heterocycles. The maximum atomic E-state index is 9.63. The first-order valence-electron chi connectivity index (χ1n) is 7.09. The molecule has 4 rings (SSSR count). The normalized spacial score (nSPS) is 16.4. The molecule has 0 bridgehead atoms. The molecular formula is C18H16O2. The van der Waals surface area contributed by atoms with Crippen molar-refractivity contribution in [2.75, 3.05) is 0 Å². The molecule has 0 aliphatic heterocycles. The zero-order valence-electron chi connectivity index (χ0n) is 11.2. The smallest absolute Gasteiger partial charge is 0.115 e. The van der Waals surface area contributed by atoms with Crippen LogP contribution in [0.5, 0.6) is 11.5 Å². The lowest BCUT2D eigenvalue weighted by molar-refractivity contribution is 0.473. The van der Waals surface area contributed by atoms with Crippen molar-refractivity contribution >= 4 is 11.1 Å². The highest BCUT2D eigenvalue weighted by Gasteiger charge is 2.25. The molecule has 2 aliphatic rings. The van der Waals surface area contributed by atoms with E-state index in [2.05, 4.69) is 0 Å². The molecule has 2 aliphatic carbocycles. The Bertz CT molecular complexity index is 678. The Kier molecular flexibility index (Phi) is 2.40. The van der Waals surface area contributed by atoms with E-state index in [4.69, 9.17) is 0 Å². The first-order chi connectivity index (χ1) is 9.72. The van der Waals surface area contributed by atoms with Gasteiger partial charge in [0.25, 0.3) is 0 Å². The Morgan fingerprint density at radius 2 is 1.05 bits per heavy atom. The van der Waals surface area contributed by atoms with E-state index in [0.717, 1.165) is 25.7 Å². The topological polar surface area (TPSA) is 40.5 Å². The quantitative estimate of drug-likeness (QED) is 0.757. The lowest BCUT2D eigenvalue weighted by atomic mass is 9.75. The van der Waals surface area contributed by atoms with Gasteiger partial charge in [-0.2, -0.15) is 0 Å². The van der Waals surface area contributed by atoms with Gasteiger partial charge in [-0.3, -0.25) is 0 Å². The Morgan fingerprint density at radius 1 is 0.600 bits per heavy atom. The lowest BCUT2D eigenvalue weighted by Crippen LogP contribution is -2.11. The van der Waals surface area contributed by atoms with Gasteiger partial charge in [-0.15, -0.1) is 0 Å². The van der Waals surface area contributed by atoms with Gasteiger partial charge in [0.15, 0.2) is 0 Å². The molecule has 0 amide bonds. The number of allylic oxidation sites excluding steroid dienone is 2. The number of phenols is 2. The average molecular weight is 264 g/mol. The van der Waals surface area contributed by atoms with E-state index < -0.39 is 0 Å². The molecule has 2 aromatic carbocycles. The van der Waals surface area contributed by atoms with Crippen LogP contribution in [0.2, 0.25) is 0 Å². The predicted molar refractivity (Wildman–Crippen MR) is 79.7 cm³/mol. The summed E-state index contributed by atoms with van der Waals surface area (Å²) in [4.78, 5) is 0. The zero-order valence-corrected chi connectivity index (χ0v) is 11.2. The molecule has 0 saturated carbocycles. The Balaban J connectivity index is 1.91. The van der Waals surface area contributed by atoms with Crippen molar-refractivity contribution in [1.29, 1.82) is 0 Å². The van der Waals surface area contributed by atoms with Crippen LogP contribution in [0.1, 0.15) is 35.1 Å². The van der Waals surface area contributed by atoms with Gasteiger partial charge in [-0.25, -0.2) is 0 Å². The van der Waals surface area contributed by atoms with Crippen molar-refractivity contribution in [1.82, 2.24) is 0 Å². The molecule has 20 heavy (non-hydrogen) atoms. The van der Waals surface area contributed by atoms with E-state index in [0.29, 0.717) is 11.5 Å². The summed E-state index contributed by atoms with van der Waals surface area (Å²) < 4.78 is 0.